The maximum absolute atomic E-state index is 12.2. The van der Waals surface area contributed by atoms with E-state index in [-0.39, 0.29) is 13.2 Å². The summed E-state index contributed by atoms with van der Waals surface area (Å²) < 4.78 is 13.8. The number of amides is 1. The number of hydrogen-bond donors (Lipinski definition) is 1. The molecule has 4 aromatic rings. The first-order chi connectivity index (χ1) is 16.1. The van der Waals surface area contributed by atoms with Gasteiger partial charge in [0, 0.05) is 10.9 Å². The van der Waals surface area contributed by atoms with Crippen molar-refractivity contribution in [2.24, 2.45) is 0 Å². The van der Waals surface area contributed by atoms with E-state index in [9.17, 15) is 4.79 Å². The number of hydrogen-bond acceptors (Lipinski definition) is 7. The van der Waals surface area contributed by atoms with Crippen molar-refractivity contribution in [2.75, 3.05) is 0 Å². The molecule has 1 amide bonds. The van der Waals surface area contributed by atoms with Gasteiger partial charge in [-0.1, -0.05) is 29.3 Å². The largest absolute Gasteiger partial charge is 0.470 e. The number of nitrogens with one attached hydrogen (secondary N) is 1. The van der Waals surface area contributed by atoms with Gasteiger partial charge in [-0.25, -0.2) is 14.5 Å². The molecule has 0 aliphatic rings. The van der Waals surface area contributed by atoms with Gasteiger partial charge in [-0.15, -0.1) is 11.3 Å². The van der Waals surface area contributed by atoms with E-state index >= 15 is 0 Å². The van der Waals surface area contributed by atoms with Gasteiger partial charge in [0.05, 0.1) is 24.1 Å². The quantitative estimate of drug-likeness (QED) is 0.363. The Kier molecular flexibility index (Phi) is 6.77. The molecule has 3 aromatic heterocycles. The molecule has 1 aromatic carbocycles. The molecule has 8 nitrogen and oxygen atoms in total. The minimum atomic E-state index is -0.596. The zero-order chi connectivity index (χ0) is 24.5. The first kappa shape index (κ1) is 24.0. The van der Waals surface area contributed by atoms with Crippen LogP contribution in [0.15, 0.2) is 36.5 Å². The SMILES string of the molecule is Cc1ccc(-n2nc(C)c3cc(CNC(=O)OC(C)(C)C)c(OCc4ncc(Cl)s4)nc32)cc1. The summed E-state index contributed by atoms with van der Waals surface area (Å²) in [5.74, 6) is 0.378. The van der Waals surface area contributed by atoms with Crippen molar-refractivity contribution in [2.45, 2.75) is 53.4 Å². The minimum Gasteiger partial charge on any atom is -0.470 e. The van der Waals surface area contributed by atoms with E-state index in [1.165, 1.54) is 11.3 Å². The van der Waals surface area contributed by atoms with E-state index in [0.717, 1.165) is 27.3 Å². The van der Waals surface area contributed by atoms with Gasteiger partial charge in [-0.3, -0.25) is 0 Å². The number of carbonyl (C=O) groups is 1. The molecular formula is C24H26ClN5O3S. The van der Waals surface area contributed by atoms with E-state index in [1.807, 2.05) is 65.0 Å². The third-order valence-electron chi connectivity index (χ3n) is 4.84. The van der Waals surface area contributed by atoms with E-state index in [4.69, 9.17) is 31.2 Å². The number of ether oxygens (including phenoxy) is 2. The van der Waals surface area contributed by atoms with Gasteiger partial charge >= 0.3 is 6.09 Å². The molecule has 0 fully saturated rings. The molecule has 1 N–H and O–H groups in total. The van der Waals surface area contributed by atoms with E-state index in [1.54, 1.807) is 10.9 Å². The molecule has 0 spiro atoms. The summed E-state index contributed by atoms with van der Waals surface area (Å²) >= 11 is 7.34. The summed E-state index contributed by atoms with van der Waals surface area (Å²) in [6, 6.07) is 10.00. The van der Waals surface area contributed by atoms with Gasteiger partial charge in [0.1, 0.15) is 21.6 Å². The normalized spacial score (nSPS) is 11.6. The molecule has 0 unspecified atom stereocenters. The van der Waals surface area contributed by atoms with Crippen LogP contribution in [0.1, 0.15) is 42.6 Å². The lowest BCUT2D eigenvalue weighted by molar-refractivity contribution is 0.0523. The maximum atomic E-state index is 12.2. The molecule has 0 bridgehead atoms. The van der Waals surface area contributed by atoms with E-state index in [2.05, 4.69) is 10.3 Å². The molecule has 0 aliphatic heterocycles. The molecule has 178 valence electrons. The van der Waals surface area contributed by atoms with Crippen LogP contribution in [0.4, 0.5) is 4.79 Å². The van der Waals surface area contributed by atoms with Gasteiger partial charge in [0.2, 0.25) is 5.88 Å². The van der Waals surface area contributed by atoms with Crippen molar-refractivity contribution < 1.29 is 14.3 Å². The van der Waals surface area contributed by atoms with Crippen LogP contribution >= 0.6 is 22.9 Å². The fourth-order valence-corrected chi connectivity index (χ4v) is 4.16. The Morgan fingerprint density at radius 1 is 1.21 bits per heavy atom. The predicted octanol–water partition coefficient (Wildman–Crippen LogP) is 5.75. The Morgan fingerprint density at radius 2 is 1.94 bits per heavy atom. The number of aryl methyl sites for hydroxylation is 2. The maximum Gasteiger partial charge on any atom is 0.407 e. The summed E-state index contributed by atoms with van der Waals surface area (Å²) in [6.07, 6.45) is 1.07. The topological polar surface area (TPSA) is 91.2 Å². The highest BCUT2D eigenvalue weighted by atomic mass is 35.5. The van der Waals surface area contributed by atoms with Crippen LogP contribution in [0.5, 0.6) is 5.88 Å². The molecule has 0 saturated heterocycles. The number of aromatic nitrogens is 4. The fourth-order valence-electron chi connectivity index (χ4n) is 3.29. The molecule has 0 aliphatic carbocycles. The number of rotatable bonds is 6. The third-order valence-corrected chi connectivity index (χ3v) is 5.93. The minimum absolute atomic E-state index is 0.182. The number of halogens is 1. The first-order valence-electron chi connectivity index (χ1n) is 10.8. The molecule has 34 heavy (non-hydrogen) atoms. The summed E-state index contributed by atoms with van der Waals surface area (Å²) in [5, 5.41) is 9.07. The average molecular weight is 500 g/mol. The lowest BCUT2D eigenvalue weighted by atomic mass is 10.2. The van der Waals surface area contributed by atoms with Crippen LogP contribution in [-0.2, 0) is 17.9 Å². The number of carbonyl (C=O) groups excluding carboxylic acids is 1. The van der Waals surface area contributed by atoms with Crippen LogP contribution < -0.4 is 10.1 Å². The van der Waals surface area contributed by atoms with E-state index in [0.29, 0.717) is 21.4 Å². The first-order valence-corrected chi connectivity index (χ1v) is 11.9. The molecule has 4 rings (SSSR count). The smallest absolute Gasteiger partial charge is 0.407 e. The second-order valence-corrected chi connectivity index (χ2v) is 10.6. The average Bonchev–Trinajstić information content (AvgIpc) is 3.32. The van der Waals surface area contributed by atoms with E-state index < -0.39 is 11.7 Å². The highest BCUT2D eigenvalue weighted by Crippen LogP contribution is 2.28. The van der Waals surface area contributed by atoms with Crippen LogP contribution in [0, 0.1) is 13.8 Å². The predicted molar refractivity (Wildman–Crippen MR) is 133 cm³/mol. The highest BCUT2D eigenvalue weighted by molar-refractivity contribution is 7.15. The summed E-state index contributed by atoms with van der Waals surface area (Å²) in [7, 11) is 0. The molecule has 3 heterocycles. The van der Waals surface area contributed by atoms with Gasteiger partial charge < -0.3 is 14.8 Å². The number of benzene rings is 1. The zero-order valence-corrected chi connectivity index (χ0v) is 21.3. The lowest BCUT2D eigenvalue weighted by Gasteiger charge is -2.20. The molecule has 0 saturated carbocycles. The number of nitrogens with zero attached hydrogens (tertiary/aromatic N) is 4. The summed E-state index contributed by atoms with van der Waals surface area (Å²) in [6.45, 7) is 9.80. The molecule has 0 atom stereocenters. The number of fused-ring (bicyclic) bond motifs is 1. The van der Waals surface area contributed by atoms with Crippen LogP contribution in [0.2, 0.25) is 4.34 Å². The van der Waals surface area contributed by atoms with Crippen LogP contribution in [-0.4, -0.2) is 31.4 Å². The second kappa shape index (κ2) is 9.60. The van der Waals surface area contributed by atoms with Gasteiger partial charge in [-0.2, -0.15) is 10.1 Å². The molecule has 10 heteroatoms. The Bertz CT molecular complexity index is 1330. The van der Waals surface area contributed by atoms with Gasteiger partial charge in [0.15, 0.2) is 5.65 Å². The van der Waals surface area contributed by atoms with Crippen molar-refractivity contribution in [3.63, 3.8) is 0 Å². The zero-order valence-electron chi connectivity index (χ0n) is 19.7. The van der Waals surface area contributed by atoms with Crippen LogP contribution in [0.3, 0.4) is 0 Å². The van der Waals surface area contributed by atoms with Gasteiger partial charge in [0.25, 0.3) is 0 Å². The lowest BCUT2D eigenvalue weighted by Crippen LogP contribution is -2.32. The highest BCUT2D eigenvalue weighted by Gasteiger charge is 2.19. The molecule has 0 radical (unpaired) electrons. The van der Waals surface area contributed by atoms with Crippen molar-refractivity contribution >= 4 is 40.1 Å². The number of alkyl carbamates (subject to hydrolysis) is 1. The van der Waals surface area contributed by atoms with Crippen molar-refractivity contribution in [1.29, 1.82) is 0 Å². The summed E-state index contributed by atoms with van der Waals surface area (Å²) in [5.41, 5.74) is 3.64. The summed E-state index contributed by atoms with van der Waals surface area (Å²) in [4.78, 5) is 21.3. The number of pyridine rings is 1. The Balaban J connectivity index is 1.70. The third kappa shape index (κ3) is 5.66. The van der Waals surface area contributed by atoms with Crippen LogP contribution in [0.25, 0.3) is 16.7 Å². The molecular weight excluding hydrogens is 474 g/mol. The standard InChI is InChI=1S/C24H26ClN5O3S/c1-14-6-8-17(9-7-14)30-21-18(15(2)29-30)10-16(11-27-23(31)33-24(3,4)5)22(28-21)32-13-20-26-12-19(25)34-20/h6-10,12H,11,13H2,1-5H3,(H,27,31). The van der Waals surface area contributed by atoms with Crippen molar-refractivity contribution in [3.8, 4) is 11.6 Å². The Labute approximate surface area is 206 Å². The van der Waals surface area contributed by atoms with Crippen molar-refractivity contribution in [1.82, 2.24) is 25.1 Å². The Morgan fingerprint density at radius 3 is 2.59 bits per heavy atom. The fraction of sp³-hybridized carbons (Fsp3) is 0.333. The number of thiazole rings is 1. The van der Waals surface area contributed by atoms with Gasteiger partial charge in [-0.05, 0) is 52.8 Å². The Hall–Kier alpha value is -3.17. The monoisotopic (exact) mass is 499 g/mol. The second-order valence-electron chi connectivity index (χ2n) is 8.86. The van der Waals surface area contributed by atoms with Crippen molar-refractivity contribution in [3.05, 3.63) is 62.7 Å².